The lowest BCUT2D eigenvalue weighted by Gasteiger charge is -2.41. The van der Waals surface area contributed by atoms with Crippen LogP contribution in [0.3, 0.4) is 0 Å². The van der Waals surface area contributed by atoms with Gasteiger partial charge in [-0.05, 0) is 26.1 Å². The second-order valence-corrected chi connectivity index (χ2v) is 5.87. The fourth-order valence-electron chi connectivity index (χ4n) is 2.60. The molecule has 1 aromatic rings. The average molecular weight is 255 g/mol. The number of hydrogen-bond acceptors (Lipinski definition) is 4. The normalized spacial score (nSPS) is 21.4. The molecule has 0 spiro atoms. The van der Waals surface area contributed by atoms with Crippen LogP contribution in [0.15, 0.2) is 12.1 Å². The molecule has 0 aromatic carbocycles. The van der Waals surface area contributed by atoms with E-state index < -0.39 is 0 Å². The minimum Gasteiger partial charge on any atom is -0.381 e. The van der Waals surface area contributed by atoms with E-state index in [-0.39, 0.29) is 11.6 Å². The molecule has 1 N–H and O–H groups in total. The van der Waals surface area contributed by atoms with Gasteiger partial charge in [0, 0.05) is 42.9 Å². The number of hydrogen-bond donors (Lipinski definition) is 1. The van der Waals surface area contributed by atoms with Crippen LogP contribution in [0.1, 0.15) is 28.6 Å². The molecule has 4 heteroatoms. The van der Waals surface area contributed by atoms with E-state index in [1.165, 1.54) is 9.75 Å². The van der Waals surface area contributed by atoms with Gasteiger partial charge in [0.2, 0.25) is 0 Å². The van der Waals surface area contributed by atoms with Crippen LogP contribution < -0.4 is 5.32 Å². The molecule has 3 nitrogen and oxygen atoms in total. The average Bonchev–Trinajstić information content (AvgIpc) is 2.78. The SMILES string of the molecule is CNC(c1ccc(C)s1)C1(OC)CCOCC1. The van der Waals surface area contributed by atoms with Gasteiger partial charge >= 0.3 is 0 Å². The van der Waals surface area contributed by atoms with Crippen molar-refractivity contribution in [1.82, 2.24) is 5.32 Å². The maximum atomic E-state index is 5.86. The van der Waals surface area contributed by atoms with Crippen LogP contribution in [0.25, 0.3) is 0 Å². The van der Waals surface area contributed by atoms with Crippen LogP contribution in [-0.4, -0.2) is 33.0 Å². The molecule has 0 aliphatic carbocycles. The van der Waals surface area contributed by atoms with Crippen LogP contribution >= 0.6 is 11.3 Å². The van der Waals surface area contributed by atoms with E-state index in [1.807, 2.05) is 25.5 Å². The second-order valence-electron chi connectivity index (χ2n) is 4.55. The van der Waals surface area contributed by atoms with Crippen molar-refractivity contribution in [3.63, 3.8) is 0 Å². The zero-order chi connectivity index (χ0) is 12.3. The van der Waals surface area contributed by atoms with Gasteiger partial charge in [-0.1, -0.05) is 0 Å². The van der Waals surface area contributed by atoms with Crippen molar-refractivity contribution < 1.29 is 9.47 Å². The van der Waals surface area contributed by atoms with Crippen LogP contribution in [0.2, 0.25) is 0 Å². The number of thiophene rings is 1. The summed E-state index contributed by atoms with van der Waals surface area (Å²) in [5.74, 6) is 0. The van der Waals surface area contributed by atoms with Gasteiger partial charge in [0.1, 0.15) is 0 Å². The molecule has 1 fully saturated rings. The number of rotatable bonds is 4. The van der Waals surface area contributed by atoms with Gasteiger partial charge < -0.3 is 14.8 Å². The summed E-state index contributed by atoms with van der Waals surface area (Å²) < 4.78 is 11.3. The highest BCUT2D eigenvalue weighted by Crippen LogP contribution is 2.39. The van der Waals surface area contributed by atoms with Crippen molar-refractivity contribution in [1.29, 1.82) is 0 Å². The highest BCUT2D eigenvalue weighted by atomic mass is 32.1. The largest absolute Gasteiger partial charge is 0.381 e. The van der Waals surface area contributed by atoms with Gasteiger partial charge in [-0.3, -0.25) is 0 Å². The first kappa shape index (κ1) is 13.0. The molecule has 1 atom stereocenters. The van der Waals surface area contributed by atoms with Gasteiger partial charge in [0.25, 0.3) is 0 Å². The van der Waals surface area contributed by atoms with Crippen molar-refractivity contribution in [3.8, 4) is 0 Å². The highest BCUT2D eigenvalue weighted by molar-refractivity contribution is 7.12. The number of likely N-dealkylation sites (N-methyl/N-ethyl adjacent to an activating group) is 1. The van der Waals surface area contributed by atoms with Gasteiger partial charge in [0.05, 0.1) is 11.6 Å². The Kier molecular flexibility index (Phi) is 4.20. The molecule has 1 aliphatic rings. The summed E-state index contributed by atoms with van der Waals surface area (Å²) in [4.78, 5) is 2.70. The topological polar surface area (TPSA) is 30.5 Å². The fourth-order valence-corrected chi connectivity index (χ4v) is 3.70. The summed E-state index contributed by atoms with van der Waals surface area (Å²) in [6, 6.07) is 4.64. The lowest BCUT2D eigenvalue weighted by atomic mass is 9.85. The van der Waals surface area contributed by atoms with E-state index in [0.29, 0.717) is 0 Å². The molecule has 0 radical (unpaired) electrons. The molecule has 0 saturated carbocycles. The maximum Gasteiger partial charge on any atom is 0.0924 e. The summed E-state index contributed by atoms with van der Waals surface area (Å²) in [5, 5.41) is 3.42. The molecule has 17 heavy (non-hydrogen) atoms. The number of ether oxygens (including phenoxy) is 2. The summed E-state index contributed by atoms with van der Waals surface area (Å²) in [7, 11) is 3.83. The standard InChI is InChI=1S/C13H21NO2S/c1-10-4-5-11(17-10)12(14-2)13(15-3)6-8-16-9-7-13/h4-5,12,14H,6-9H2,1-3H3. The minimum atomic E-state index is -0.121. The number of methoxy groups -OCH3 is 1. The fraction of sp³-hybridized carbons (Fsp3) is 0.692. The van der Waals surface area contributed by atoms with Crippen molar-refractivity contribution in [2.45, 2.75) is 31.4 Å². The molecule has 0 bridgehead atoms. The third-order valence-corrected chi connectivity index (χ3v) is 4.67. The monoisotopic (exact) mass is 255 g/mol. The molecule has 2 heterocycles. The zero-order valence-electron chi connectivity index (χ0n) is 10.8. The van der Waals surface area contributed by atoms with Crippen molar-refractivity contribution >= 4 is 11.3 Å². The molecular formula is C13H21NO2S. The maximum absolute atomic E-state index is 5.86. The van der Waals surface area contributed by atoms with E-state index in [0.717, 1.165) is 26.1 Å². The highest BCUT2D eigenvalue weighted by Gasteiger charge is 2.41. The van der Waals surface area contributed by atoms with Crippen LogP contribution in [0, 0.1) is 6.92 Å². The van der Waals surface area contributed by atoms with Crippen LogP contribution in [0.4, 0.5) is 0 Å². The zero-order valence-corrected chi connectivity index (χ0v) is 11.6. The van der Waals surface area contributed by atoms with E-state index in [9.17, 15) is 0 Å². The third kappa shape index (κ3) is 2.55. The Bertz CT molecular complexity index is 358. The smallest absolute Gasteiger partial charge is 0.0924 e. The Morgan fingerprint density at radius 3 is 2.59 bits per heavy atom. The molecule has 1 aromatic heterocycles. The Balaban J connectivity index is 2.26. The summed E-state index contributed by atoms with van der Waals surface area (Å²) in [6.07, 6.45) is 1.90. The Morgan fingerprint density at radius 2 is 2.12 bits per heavy atom. The van der Waals surface area contributed by atoms with Crippen molar-refractivity contribution in [2.75, 3.05) is 27.4 Å². The summed E-state index contributed by atoms with van der Waals surface area (Å²) >= 11 is 1.84. The van der Waals surface area contributed by atoms with E-state index in [1.54, 1.807) is 0 Å². The van der Waals surface area contributed by atoms with Gasteiger partial charge in [-0.15, -0.1) is 11.3 Å². The van der Waals surface area contributed by atoms with Crippen molar-refractivity contribution in [2.24, 2.45) is 0 Å². The second kappa shape index (κ2) is 5.48. The summed E-state index contributed by atoms with van der Waals surface area (Å²) in [5.41, 5.74) is -0.121. The van der Waals surface area contributed by atoms with Gasteiger partial charge in [-0.25, -0.2) is 0 Å². The van der Waals surface area contributed by atoms with Gasteiger partial charge in [-0.2, -0.15) is 0 Å². The lowest BCUT2D eigenvalue weighted by molar-refractivity contribution is -0.110. The van der Waals surface area contributed by atoms with Crippen molar-refractivity contribution in [3.05, 3.63) is 21.9 Å². The molecule has 96 valence electrons. The number of nitrogens with one attached hydrogen (secondary N) is 1. The lowest BCUT2D eigenvalue weighted by Crippen LogP contribution is -2.48. The van der Waals surface area contributed by atoms with Crippen LogP contribution in [-0.2, 0) is 9.47 Å². The van der Waals surface area contributed by atoms with Gasteiger partial charge in [0.15, 0.2) is 0 Å². The quantitative estimate of drug-likeness (QED) is 0.896. The Hall–Kier alpha value is -0.420. The molecule has 2 rings (SSSR count). The van der Waals surface area contributed by atoms with E-state index in [4.69, 9.17) is 9.47 Å². The van der Waals surface area contributed by atoms with Crippen LogP contribution in [0.5, 0.6) is 0 Å². The third-order valence-electron chi connectivity index (χ3n) is 3.61. The first-order valence-corrected chi connectivity index (χ1v) is 6.90. The predicted molar refractivity (Wildman–Crippen MR) is 70.6 cm³/mol. The predicted octanol–water partition coefficient (Wildman–Crippen LogP) is 2.51. The number of aryl methyl sites for hydroxylation is 1. The molecule has 0 amide bonds. The first-order chi connectivity index (χ1) is 8.22. The molecule has 1 unspecified atom stereocenters. The minimum absolute atomic E-state index is 0.121. The molecule has 1 aliphatic heterocycles. The molecule has 1 saturated heterocycles. The Morgan fingerprint density at radius 1 is 1.41 bits per heavy atom. The van der Waals surface area contributed by atoms with E-state index >= 15 is 0 Å². The Labute approximate surface area is 107 Å². The molecular weight excluding hydrogens is 234 g/mol. The summed E-state index contributed by atoms with van der Waals surface area (Å²) in [6.45, 7) is 3.72. The first-order valence-electron chi connectivity index (χ1n) is 6.08. The van der Waals surface area contributed by atoms with E-state index in [2.05, 4.69) is 24.4 Å².